The predicted molar refractivity (Wildman–Crippen MR) is 90.7 cm³/mol. The number of hydrogen-bond acceptors (Lipinski definition) is 4. The molecule has 2 aliphatic rings. The molecule has 1 aromatic heterocycles. The van der Waals surface area contributed by atoms with E-state index in [-0.39, 0.29) is 24.3 Å². The molecule has 5 nitrogen and oxygen atoms in total. The Morgan fingerprint density at radius 3 is 2.83 bits per heavy atom. The number of aromatic nitrogens is 1. The number of nitrogens with zero attached hydrogens (tertiary/aromatic N) is 2. The van der Waals surface area contributed by atoms with Gasteiger partial charge in [-0.05, 0) is 30.7 Å². The Morgan fingerprint density at radius 2 is 2.08 bits per heavy atom. The Labute approximate surface area is 145 Å². The third kappa shape index (κ3) is 3.02. The van der Waals surface area contributed by atoms with Gasteiger partial charge in [-0.1, -0.05) is 29.8 Å². The maximum atomic E-state index is 12.6. The first-order valence-electron chi connectivity index (χ1n) is 8.08. The maximum Gasteiger partial charge on any atom is 0.253 e. The summed E-state index contributed by atoms with van der Waals surface area (Å²) >= 11 is 5.88. The van der Waals surface area contributed by atoms with Crippen LogP contribution in [0, 0.1) is 0 Å². The molecule has 124 valence electrons. The number of benzene rings is 1. The summed E-state index contributed by atoms with van der Waals surface area (Å²) in [6.07, 6.45) is 2.30. The first kappa shape index (κ1) is 15.6. The molecule has 1 N–H and O–H groups in total. The van der Waals surface area contributed by atoms with Crippen molar-refractivity contribution < 1.29 is 9.53 Å². The van der Waals surface area contributed by atoms with Crippen molar-refractivity contribution in [2.45, 2.75) is 24.8 Å². The van der Waals surface area contributed by atoms with E-state index in [2.05, 4.69) is 10.3 Å². The second-order valence-corrected chi connectivity index (χ2v) is 6.57. The molecule has 0 spiro atoms. The first-order valence-corrected chi connectivity index (χ1v) is 8.46. The topological polar surface area (TPSA) is 54.5 Å². The van der Waals surface area contributed by atoms with Gasteiger partial charge in [0.15, 0.2) is 6.23 Å². The van der Waals surface area contributed by atoms with Crippen molar-refractivity contribution in [3.05, 3.63) is 64.9 Å². The molecule has 2 fully saturated rings. The highest BCUT2D eigenvalue weighted by atomic mass is 35.5. The second kappa shape index (κ2) is 6.51. The number of likely N-dealkylation sites (tertiary alicyclic amines) is 1. The zero-order valence-electron chi connectivity index (χ0n) is 13.1. The van der Waals surface area contributed by atoms with Crippen LogP contribution in [0.15, 0.2) is 48.7 Å². The van der Waals surface area contributed by atoms with E-state index in [9.17, 15) is 4.79 Å². The van der Waals surface area contributed by atoms with Gasteiger partial charge in [-0.2, -0.15) is 0 Å². The third-order valence-corrected chi connectivity index (χ3v) is 4.78. The average molecular weight is 344 g/mol. The standard InChI is InChI=1S/C18H18ClN3O2/c19-13-6-7-14(20-10-13)17-21-15-11-22(9-8-16(15)24-17)18(23)12-4-2-1-3-5-12/h1-7,10,15-17,21H,8-9,11H2. The molecular formula is C18H18ClN3O2. The average Bonchev–Trinajstić information content (AvgIpc) is 3.05. The van der Waals surface area contributed by atoms with Gasteiger partial charge >= 0.3 is 0 Å². The summed E-state index contributed by atoms with van der Waals surface area (Å²) in [7, 11) is 0. The monoisotopic (exact) mass is 343 g/mol. The van der Waals surface area contributed by atoms with Crippen molar-refractivity contribution in [3.8, 4) is 0 Å². The molecule has 0 bridgehead atoms. The minimum Gasteiger partial charge on any atom is -0.352 e. The summed E-state index contributed by atoms with van der Waals surface area (Å²) in [5.74, 6) is 0.0731. The van der Waals surface area contributed by atoms with Crippen LogP contribution in [0.5, 0.6) is 0 Å². The Hall–Kier alpha value is -1.95. The largest absolute Gasteiger partial charge is 0.352 e. The lowest BCUT2D eigenvalue weighted by atomic mass is 10.0. The minimum atomic E-state index is -0.246. The van der Waals surface area contributed by atoms with E-state index in [4.69, 9.17) is 16.3 Å². The first-order chi connectivity index (χ1) is 11.7. The van der Waals surface area contributed by atoms with Crippen molar-refractivity contribution in [2.75, 3.05) is 13.1 Å². The Morgan fingerprint density at radius 1 is 1.25 bits per heavy atom. The van der Waals surface area contributed by atoms with Crippen LogP contribution >= 0.6 is 11.6 Å². The molecule has 1 amide bonds. The number of rotatable bonds is 2. The van der Waals surface area contributed by atoms with Crippen LogP contribution < -0.4 is 5.32 Å². The number of ether oxygens (including phenoxy) is 1. The summed E-state index contributed by atoms with van der Waals surface area (Å²) < 4.78 is 6.07. The Kier molecular flexibility index (Phi) is 4.22. The molecule has 6 heteroatoms. The van der Waals surface area contributed by atoms with Gasteiger partial charge in [0.05, 0.1) is 22.9 Å². The highest BCUT2D eigenvalue weighted by Crippen LogP contribution is 2.29. The van der Waals surface area contributed by atoms with E-state index in [0.29, 0.717) is 18.1 Å². The number of halogens is 1. The highest BCUT2D eigenvalue weighted by Gasteiger charge is 2.40. The van der Waals surface area contributed by atoms with Crippen LogP contribution in [0.25, 0.3) is 0 Å². The molecule has 0 radical (unpaired) electrons. The van der Waals surface area contributed by atoms with Gasteiger partial charge in [0.1, 0.15) is 0 Å². The molecule has 4 rings (SSSR count). The van der Waals surface area contributed by atoms with E-state index in [1.807, 2.05) is 47.4 Å². The summed E-state index contributed by atoms with van der Waals surface area (Å²) in [4.78, 5) is 18.8. The van der Waals surface area contributed by atoms with Crippen LogP contribution in [0.3, 0.4) is 0 Å². The van der Waals surface area contributed by atoms with Gasteiger partial charge in [0.2, 0.25) is 0 Å². The SMILES string of the molecule is O=C(c1ccccc1)N1CCC2OC(c3ccc(Cl)cn3)NC2C1. The fraction of sp³-hybridized carbons (Fsp3) is 0.333. The molecule has 3 atom stereocenters. The van der Waals surface area contributed by atoms with Crippen molar-refractivity contribution in [1.29, 1.82) is 0 Å². The lowest BCUT2D eigenvalue weighted by Crippen LogP contribution is -2.51. The number of amides is 1. The summed E-state index contributed by atoms with van der Waals surface area (Å²) in [6.45, 7) is 1.35. The number of hydrogen-bond donors (Lipinski definition) is 1. The van der Waals surface area contributed by atoms with Crippen molar-refractivity contribution >= 4 is 17.5 Å². The fourth-order valence-electron chi connectivity index (χ4n) is 3.31. The fourth-order valence-corrected chi connectivity index (χ4v) is 3.42. The molecule has 0 saturated carbocycles. The smallest absolute Gasteiger partial charge is 0.253 e. The van der Waals surface area contributed by atoms with E-state index >= 15 is 0 Å². The van der Waals surface area contributed by atoms with Gasteiger partial charge < -0.3 is 9.64 Å². The van der Waals surface area contributed by atoms with E-state index in [1.54, 1.807) is 6.20 Å². The number of nitrogens with one attached hydrogen (secondary N) is 1. The van der Waals surface area contributed by atoms with E-state index in [0.717, 1.165) is 17.7 Å². The predicted octanol–water partition coefficient (Wildman–Crippen LogP) is 2.64. The van der Waals surface area contributed by atoms with Crippen LogP contribution in [-0.4, -0.2) is 41.0 Å². The lowest BCUT2D eigenvalue weighted by molar-refractivity contribution is 0.0105. The number of piperidine rings is 1. The molecule has 0 aliphatic carbocycles. The number of fused-ring (bicyclic) bond motifs is 1. The third-order valence-electron chi connectivity index (χ3n) is 4.55. The molecular weight excluding hydrogens is 326 g/mol. The summed E-state index contributed by atoms with van der Waals surface area (Å²) in [5, 5.41) is 4.05. The Bertz CT molecular complexity index is 723. The van der Waals surface area contributed by atoms with Crippen LogP contribution in [0.1, 0.15) is 28.7 Å². The number of carbonyl (C=O) groups excluding carboxylic acids is 1. The lowest BCUT2D eigenvalue weighted by Gasteiger charge is -2.33. The van der Waals surface area contributed by atoms with Crippen LogP contribution in [0.2, 0.25) is 5.02 Å². The molecule has 3 unspecified atom stereocenters. The van der Waals surface area contributed by atoms with Crippen LogP contribution in [0.4, 0.5) is 0 Å². The van der Waals surface area contributed by atoms with Gasteiger partial charge in [0.25, 0.3) is 5.91 Å². The molecule has 24 heavy (non-hydrogen) atoms. The molecule has 2 aliphatic heterocycles. The van der Waals surface area contributed by atoms with E-state index in [1.165, 1.54) is 0 Å². The van der Waals surface area contributed by atoms with Gasteiger partial charge in [-0.3, -0.25) is 15.1 Å². The second-order valence-electron chi connectivity index (χ2n) is 6.13. The zero-order valence-corrected chi connectivity index (χ0v) is 13.8. The molecule has 3 heterocycles. The van der Waals surface area contributed by atoms with Crippen molar-refractivity contribution in [2.24, 2.45) is 0 Å². The maximum absolute atomic E-state index is 12.6. The van der Waals surface area contributed by atoms with E-state index < -0.39 is 0 Å². The van der Waals surface area contributed by atoms with Crippen LogP contribution in [-0.2, 0) is 4.74 Å². The van der Waals surface area contributed by atoms with Crippen molar-refractivity contribution in [3.63, 3.8) is 0 Å². The summed E-state index contributed by atoms with van der Waals surface area (Å²) in [6, 6.07) is 13.2. The quantitative estimate of drug-likeness (QED) is 0.910. The highest BCUT2D eigenvalue weighted by molar-refractivity contribution is 6.30. The molecule has 2 aromatic rings. The zero-order chi connectivity index (χ0) is 16.5. The molecule has 2 saturated heterocycles. The van der Waals surface area contributed by atoms with Gasteiger partial charge in [-0.15, -0.1) is 0 Å². The Balaban J connectivity index is 1.44. The van der Waals surface area contributed by atoms with Gasteiger partial charge in [-0.25, -0.2) is 0 Å². The number of pyridine rings is 1. The molecule has 1 aromatic carbocycles. The van der Waals surface area contributed by atoms with Gasteiger partial charge in [0, 0.05) is 24.8 Å². The summed E-state index contributed by atoms with van der Waals surface area (Å²) in [5.41, 5.74) is 1.54. The normalized spacial score (nSPS) is 26.2. The van der Waals surface area contributed by atoms with Crippen molar-refractivity contribution in [1.82, 2.24) is 15.2 Å². The minimum absolute atomic E-state index is 0.0731. The number of carbonyl (C=O) groups is 1.